The highest BCUT2D eigenvalue weighted by Gasteiger charge is 2.00. The van der Waals surface area contributed by atoms with Gasteiger partial charge in [-0.15, -0.1) is 0 Å². The van der Waals surface area contributed by atoms with Gasteiger partial charge in [-0.2, -0.15) is 0 Å². The third kappa shape index (κ3) is 1.34. The first-order chi connectivity index (χ1) is 3.39. The first-order valence-corrected chi connectivity index (χ1v) is 3.04. The van der Waals surface area contributed by atoms with E-state index >= 15 is 0 Å². The molecule has 0 aromatic heterocycles. The minimum Gasteiger partial charge on any atom is -0.0885 e. The van der Waals surface area contributed by atoms with E-state index in [1.165, 1.54) is 19.3 Å². The first kappa shape index (κ1) is 4.89. The van der Waals surface area contributed by atoms with Gasteiger partial charge in [0.15, 0.2) is 0 Å². The summed E-state index contributed by atoms with van der Waals surface area (Å²) in [4.78, 5) is 0. The molecule has 0 nitrogen and oxygen atoms in total. The average molecular weight is 96.2 g/mol. The average Bonchev–Trinajstić information content (AvgIpc) is 1.69. The SMILES string of the molecule is C[C@@H]1CC=CCC1. The summed E-state index contributed by atoms with van der Waals surface area (Å²) in [6, 6.07) is 0. The van der Waals surface area contributed by atoms with Crippen molar-refractivity contribution in [3.8, 4) is 0 Å². The van der Waals surface area contributed by atoms with Crippen molar-refractivity contribution >= 4 is 0 Å². The van der Waals surface area contributed by atoms with Gasteiger partial charge in [0.2, 0.25) is 0 Å². The van der Waals surface area contributed by atoms with Crippen molar-refractivity contribution in [2.75, 3.05) is 0 Å². The standard InChI is InChI=1S/C7H12/c1-7-5-3-2-4-6-7/h2-3,7H,4-6H2,1H3/t7-/m1/s1. The number of hydrogen-bond acceptors (Lipinski definition) is 0. The van der Waals surface area contributed by atoms with E-state index in [1.54, 1.807) is 0 Å². The van der Waals surface area contributed by atoms with Gasteiger partial charge in [0.25, 0.3) is 0 Å². The predicted molar refractivity (Wildman–Crippen MR) is 32.2 cm³/mol. The largest absolute Gasteiger partial charge is 0.0885 e. The molecule has 1 aliphatic rings. The summed E-state index contributed by atoms with van der Waals surface area (Å²) in [5, 5.41) is 0. The molecular weight excluding hydrogens is 84.1 g/mol. The molecule has 1 atom stereocenters. The molecule has 0 aromatic rings. The van der Waals surface area contributed by atoms with Gasteiger partial charge in [-0.1, -0.05) is 19.1 Å². The fourth-order valence-electron chi connectivity index (χ4n) is 0.945. The van der Waals surface area contributed by atoms with Crippen molar-refractivity contribution < 1.29 is 0 Å². The molecule has 0 aliphatic heterocycles. The zero-order chi connectivity index (χ0) is 5.11. The Kier molecular flexibility index (Phi) is 1.50. The summed E-state index contributed by atoms with van der Waals surface area (Å²) in [6.07, 6.45) is 8.58. The molecule has 0 saturated carbocycles. The van der Waals surface area contributed by atoms with E-state index < -0.39 is 0 Å². The highest BCUT2D eigenvalue weighted by molar-refractivity contribution is 4.88. The molecule has 1 rings (SSSR count). The molecule has 0 spiro atoms. The molecule has 0 N–H and O–H groups in total. The van der Waals surface area contributed by atoms with Crippen LogP contribution in [0.15, 0.2) is 12.2 Å². The number of allylic oxidation sites excluding steroid dienone is 2. The second kappa shape index (κ2) is 2.15. The zero-order valence-electron chi connectivity index (χ0n) is 4.85. The van der Waals surface area contributed by atoms with Gasteiger partial charge in [-0.05, 0) is 25.2 Å². The van der Waals surface area contributed by atoms with Crippen molar-refractivity contribution in [2.45, 2.75) is 26.2 Å². The minimum atomic E-state index is 0.949. The summed E-state index contributed by atoms with van der Waals surface area (Å²) in [5.41, 5.74) is 0. The number of rotatable bonds is 0. The Hall–Kier alpha value is -0.260. The van der Waals surface area contributed by atoms with E-state index in [0.29, 0.717) is 0 Å². The van der Waals surface area contributed by atoms with E-state index in [9.17, 15) is 0 Å². The van der Waals surface area contributed by atoms with E-state index in [2.05, 4.69) is 19.1 Å². The van der Waals surface area contributed by atoms with Crippen molar-refractivity contribution in [3.05, 3.63) is 12.2 Å². The van der Waals surface area contributed by atoms with Crippen LogP contribution in [-0.2, 0) is 0 Å². The van der Waals surface area contributed by atoms with Crippen LogP contribution in [0.1, 0.15) is 26.2 Å². The Labute approximate surface area is 45.2 Å². The van der Waals surface area contributed by atoms with Crippen LogP contribution < -0.4 is 0 Å². The van der Waals surface area contributed by atoms with Crippen LogP contribution in [0.25, 0.3) is 0 Å². The lowest BCUT2D eigenvalue weighted by Gasteiger charge is -2.09. The van der Waals surface area contributed by atoms with Gasteiger partial charge in [0.05, 0.1) is 0 Å². The predicted octanol–water partition coefficient (Wildman–Crippen LogP) is 2.36. The second-order valence-corrected chi connectivity index (χ2v) is 2.39. The molecule has 0 radical (unpaired) electrons. The van der Waals surface area contributed by atoms with Crippen LogP contribution in [0.2, 0.25) is 0 Å². The molecule has 0 bridgehead atoms. The van der Waals surface area contributed by atoms with Crippen LogP contribution >= 0.6 is 0 Å². The molecule has 0 saturated heterocycles. The maximum absolute atomic E-state index is 2.31. The van der Waals surface area contributed by atoms with Gasteiger partial charge >= 0.3 is 0 Å². The fraction of sp³-hybridized carbons (Fsp3) is 0.714. The lowest BCUT2D eigenvalue weighted by Crippen LogP contribution is -1.94. The normalized spacial score (nSPS) is 30.7. The highest BCUT2D eigenvalue weighted by Crippen LogP contribution is 2.15. The second-order valence-electron chi connectivity index (χ2n) is 2.39. The summed E-state index contributed by atoms with van der Waals surface area (Å²) < 4.78 is 0. The quantitative estimate of drug-likeness (QED) is 0.406. The van der Waals surface area contributed by atoms with Gasteiger partial charge in [0, 0.05) is 0 Å². The Bertz CT molecular complexity index is 72.1. The van der Waals surface area contributed by atoms with Crippen LogP contribution in [-0.4, -0.2) is 0 Å². The highest BCUT2D eigenvalue weighted by atomic mass is 14.1. The van der Waals surface area contributed by atoms with Crippen LogP contribution in [0.5, 0.6) is 0 Å². The Morgan fingerprint density at radius 1 is 1.43 bits per heavy atom. The molecule has 0 aromatic carbocycles. The summed E-state index contributed by atoms with van der Waals surface area (Å²) >= 11 is 0. The Morgan fingerprint density at radius 2 is 2.29 bits per heavy atom. The molecule has 0 unspecified atom stereocenters. The monoisotopic (exact) mass is 96.1 g/mol. The molecule has 0 heterocycles. The molecule has 0 amide bonds. The van der Waals surface area contributed by atoms with Crippen molar-refractivity contribution in [2.24, 2.45) is 5.92 Å². The lowest BCUT2D eigenvalue weighted by atomic mass is 9.97. The van der Waals surface area contributed by atoms with Crippen LogP contribution in [0, 0.1) is 5.92 Å². The topological polar surface area (TPSA) is 0 Å². The smallest absolute Gasteiger partial charge is 0.0325 e. The summed E-state index contributed by atoms with van der Waals surface area (Å²) in [5.74, 6) is 0.949. The van der Waals surface area contributed by atoms with Crippen molar-refractivity contribution in [1.82, 2.24) is 0 Å². The van der Waals surface area contributed by atoms with E-state index in [0.717, 1.165) is 5.92 Å². The van der Waals surface area contributed by atoms with E-state index in [4.69, 9.17) is 0 Å². The van der Waals surface area contributed by atoms with Gasteiger partial charge in [0.1, 0.15) is 0 Å². The van der Waals surface area contributed by atoms with Crippen molar-refractivity contribution in [1.29, 1.82) is 0 Å². The fourth-order valence-corrected chi connectivity index (χ4v) is 0.945. The third-order valence-corrected chi connectivity index (χ3v) is 1.53. The first-order valence-electron chi connectivity index (χ1n) is 3.04. The molecular formula is C7H12. The van der Waals surface area contributed by atoms with E-state index in [1.807, 2.05) is 0 Å². The lowest BCUT2D eigenvalue weighted by molar-refractivity contribution is 0.527. The molecule has 0 heteroatoms. The maximum atomic E-state index is 2.31. The Morgan fingerprint density at radius 3 is 2.57 bits per heavy atom. The zero-order valence-corrected chi connectivity index (χ0v) is 4.85. The van der Waals surface area contributed by atoms with Gasteiger partial charge in [-0.25, -0.2) is 0 Å². The van der Waals surface area contributed by atoms with Crippen LogP contribution in [0.3, 0.4) is 0 Å². The summed E-state index contributed by atoms with van der Waals surface area (Å²) in [7, 11) is 0. The minimum absolute atomic E-state index is 0.949. The maximum Gasteiger partial charge on any atom is -0.0325 e. The summed E-state index contributed by atoms with van der Waals surface area (Å²) in [6.45, 7) is 2.31. The van der Waals surface area contributed by atoms with E-state index in [-0.39, 0.29) is 0 Å². The Balaban J connectivity index is 2.32. The molecule has 7 heavy (non-hydrogen) atoms. The van der Waals surface area contributed by atoms with Crippen molar-refractivity contribution in [3.63, 3.8) is 0 Å². The van der Waals surface area contributed by atoms with Gasteiger partial charge in [-0.3, -0.25) is 0 Å². The molecule has 40 valence electrons. The van der Waals surface area contributed by atoms with Gasteiger partial charge < -0.3 is 0 Å². The third-order valence-electron chi connectivity index (χ3n) is 1.53. The molecule has 1 aliphatic carbocycles. The molecule has 0 fully saturated rings. The number of hydrogen-bond donors (Lipinski definition) is 0. The van der Waals surface area contributed by atoms with Crippen LogP contribution in [0.4, 0.5) is 0 Å².